The molecule has 0 saturated heterocycles. The summed E-state index contributed by atoms with van der Waals surface area (Å²) >= 11 is 0. The van der Waals surface area contributed by atoms with Gasteiger partial charge in [0.05, 0.1) is 0 Å². The highest BCUT2D eigenvalue weighted by atomic mass is 32.2. The van der Waals surface area contributed by atoms with E-state index in [-0.39, 0.29) is 12.3 Å². The largest absolute Gasteiger partial charge is 0.508 e. The number of carbonyl (C=O) groups is 1. The van der Waals surface area contributed by atoms with Crippen LogP contribution in [0.2, 0.25) is 0 Å². The van der Waals surface area contributed by atoms with E-state index in [1.54, 1.807) is 19.2 Å². The summed E-state index contributed by atoms with van der Waals surface area (Å²) in [5.41, 5.74) is 0.818. The Labute approximate surface area is 113 Å². The molecule has 0 saturated carbocycles. The molecule has 106 valence electrons. The van der Waals surface area contributed by atoms with Gasteiger partial charge in [0, 0.05) is 19.8 Å². The highest BCUT2D eigenvalue weighted by molar-refractivity contribution is 7.92. The van der Waals surface area contributed by atoms with Gasteiger partial charge in [-0.05, 0) is 31.5 Å². The Morgan fingerprint density at radius 2 is 1.74 bits per heavy atom. The highest BCUT2D eigenvalue weighted by Crippen LogP contribution is 2.19. The summed E-state index contributed by atoms with van der Waals surface area (Å²) in [5.74, 6) is -0.308. The summed E-state index contributed by atoms with van der Waals surface area (Å²) in [5, 5.41) is 9.18. The zero-order valence-electron chi connectivity index (χ0n) is 11.5. The molecule has 0 fully saturated rings. The number of aromatic hydroxyl groups is 1. The lowest BCUT2D eigenvalue weighted by atomic mass is 10.1. The summed E-state index contributed by atoms with van der Waals surface area (Å²) in [4.78, 5) is 13.5. The number of hydrogen-bond donors (Lipinski definition) is 1. The van der Waals surface area contributed by atoms with Crippen LogP contribution in [0.25, 0.3) is 0 Å². The van der Waals surface area contributed by atoms with Crippen LogP contribution in [-0.4, -0.2) is 42.4 Å². The molecule has 0 bridgehead atoms. The SMILES string of the molecule is CN(Cc1ccc(O)cc1)C(=O)C(C)(C)S(C)(=O)=O. The zero-order valence-corrected chi connectivity index (χ0v) is 12.4. The van der Waals surface area contributed by atoms with Crippen molar-refractivity contribution in [3.05, 3.63) is 29.8 Å². The van der Waals surface area contributed by atoms with Crippen LogP contribution >= 0.6 is 0 Å². The molecule has 6 heteroatoms. The molecule has 0 aliphatic carbocycles. The molecule has 19 heavy (non-hydrogen) atoms. The molecular weight excluding hydrogens is 266 g/mol. The van der Waals surface area contributed by atoms with Gasteiger partial charge in [0.25, 0.3) is 0 Å². The zero-order chi connectivity index (χ0) is 14.8. The number of amides is 1. The Balaban J connectivity index is 2.87. The van der Waals surface area contributed by atoms with E-state index < -0.39 is 20.5 Å². The molecule has 0 aliphatic heterocycles. The van der Waals surface area contributed by atoms with Crippen molar-refractivity contribution in [1.29, 1.82) is 0 Å². The van der Waals surface area contributed by atoms with Gasteiger partial charge in [0.2, 0.25) is 5.91 Å². The number of phenols is 1. The molecule has 0 heterocycles. The summed E-state index contributed by atoms with van der Waals surface area (Å²) in [6, 6.07) is 6.42. The molecule has 0 radical (unpaired) electrons. The highest BCUT2D eigenvalue weighted by Gasteiger charge is 2.40. The predicted molar refractivity (Wildman–Crippen MR) is 73.5 cm³/mol. The van der Waals surface area contributed by atoms with E-state index in [0.29, 0.717) is 0 Å². The molecule has 0 aliphatic rings. The van der Waals surface area contributed by atoms with Crippen LogP contribution in [0.5, 0.6) is 5.75 Å². The molecule has 1 N–H and O–H groups in total. The first-order chi connectivity index (χ1) is 8.55. The maximum Gasteiger partial charge on any atom is 0.243 e. The van der Waals surface area contributed by atoms with Gasteiger partial charge >= 0.3 is 0 Å². The monoisotopic (exact) mass is 285 g/mol. The van der Waals surface area contributed by atoms with Crippen molar-refractivity contribution in [2.75, 3.05) is 13.3 Å². The van der Waals surface area contributed by atoms with Gasteiger partial charge in [-0.25, -0.2) is 8.42 Å². The Morgan fingerprint density at radius 1 is 1.26 bits per heavy atom. The fourth-order valence-corrected chi connectivity index (χ4v) is 2.04. The van der Waals surface area contributed by atoms with Gasteiger partial charge in [0.1, 0.15) is 10.5 Å². The summed E-state index contributed by atoms with van der Waals surface area (Å²) in [6.45, 7) is 3.09. The van der Waals surface area contributed by atoms with Gasteiger partial charge in [-0.2, -0.15) is 0 Å². The lowest BCUT2D eigenvalue weighted by Crippen LogP contribution is -2.47. The summed E-state index contributed by atoms with van der Waals surface area (Å²) < 4.78 is 21.8. The summed E-state index contributed by atoms with van der Waals surface area (Å²) in [7, 11) is -1.92. The maximum atomic E-state index is 12.2. The fraction of sp³-hybridized carbons (Fsp3) is 0.462. The number of nitrogens with zero attached hydrogens (tertiary/aromatic N) is 1. The van der Waals surface area contributed by atoms with Crippen LogP contribution in [0, 0.1) is 0 Å². The minimum atomic E-state index is -3.48. The van der Waals surface area contributed by atoms with Gasteiger partial charge in [-0.1, -0.05) is 12.1 Å². The van der Waals surface area contributed by atoms with Gasteiger partial charge < -0.3 is 10.0 Å². The van der Waals surface area contributed by atoms with Crippen molar-refractivity contribution >= 4 is 15.7 Å². The number of benzene rings is 1. The Hall–Kier alpha value is -1.56. The second kappa shape index (κ2) is 5.21. The Morgan fingerprint density at radius 3 is 2.16 bits per heavy atom. The molecule has 5 nitrogen and oxygen atoms in total. The number of carbonyl (C=O) groups excluding carboxylic acids is 1. The van der Waals surface area contributed by atoms with Crippen molar-refractivity contribution in [2.24, 2.45) is 0 Å². The van der Waals surface area contributed by atoms with Crippen LogP contribution in [0.1, 0.15) is 19.4 Å². The average Bonchev–Trinajstić information content (AvgIpc) is 2.29. The van der Waals surface area contributed by atoms with Gasteiger partial charge in [-0.3, -0.25) is 4.79 Å². The van der Waals surface area contributed by atoms with Crippen LogP contribution in [-0.2, 0) is 21.2 Å². The molecular formula is C13H19NO4S. The van der Waals surface area contributed by atoms with Crippen molar-refractivity contribution in [3.63, 3.8) is 0 Å². The number of rotatable bonds is 4. The van der Waals surface area contributed by atoms with E-state index in [0.717, 1.165) is 11.8 Å². The van der Waals surface area contributed by atoms with E-state index in [2.05, 4.69) is 0 Å². The van der Waals surface area contributed by atoms with Gasteiger partial charge in [0.15, 0.2) is 9.84 Å². The van der Waals surface area contributed by atoms with Crippen molar-refractivity contribution < 1.29 is 18.3 Å². The number of phenolic OH excluding ortho intramolecular Hbond substituents is 1. The lowest BCUT2D eigenvalue weighted by molar-refractivity contribution is -0.132. The third kappa shape index (κ3) is 3.47. The third-order valence-corrected chi connectivity index (χ3v) is 5.17. The first-order valence-corrected chi connectivity index (χ1v) is 7.68. The van der Waals surface area contributed by atoms with Crippen molar-refractivity contribution in [3.8, 4) is 5.75 Å². The van der Waals surface area contributed by atoms with E-state index in [9.17, 15) is 18.3 Å². The lowest BCUT2D eigenvalue weighted by Gasteiger charge is -2.27. The van der Waals surface area contributed by atoms with Crippen LogP contribution in [0.3, 0.4) is 0 Å². The molecule has 0 spiro atoms. The minimum absolute atomic E-state index is 0.147. The minimum Gasteiger partial charge on any atom is -0.508 e. The smallest absolute Gasteiger partial charge is 0.243 e. The van der Waals surface area contributed by atoms with E-state index in [1.165, 1.54) is 30.9 Å². The molecule has 0 unspecified atom stereocenters. The third-order valence-electron chi connectivity index (χ3n) is 3.14. The first-order valence-electron chi connectivity index (χ1n) is 5.79. The standard InChI is InChI=1S/C13H19NO4S/c1-13(2,19(4,17)18)12(16)14(3)9-10-5-7-11(15)8-6-10/h5-8,15H,9H2,1-4H3. The van der Waals surface area contributed by atoms with Crippen LogP contribution in [0.4, 0.5) is 0 Å². The first kappa shape index (κ1) is 15.5. The van der Waals surface area contributed by atoms with Crippen LogP contribution < -0.4 is 0 Å². The number of sulfone groups is 1. The molecule has 1 amide bonds. The maximum absolute atomic E-state index is 12.2. The average molecular weight is 285 g/mol. The second-order valence-corrected chi connectivity index (χ2v) is 7.68. The van der Waals surface area contributed by atoms with E-state index in [4.69, 9.17) is 0 Å². The normalized spacial score (nSPS) is 12.2. The molecule has 1 aromatic carbocycles. The molecule has 1 aromatic rings. The topological polar surface area (TPSA) is 74.7 Å². The number of hydrogen-bond acceptors (Lipinski definition) is 4. The molecule has 1 rings (SSSR count). The van der Waals surface area contributed by atoms with Crippen molar-refractivity contribution in [2.45, 2.75) is 25.1 Å². The van der Waals surface area contributed by atoms with Crippen molar-refractivity contribution in [1.82, 2.24) is 4.90 Å². The van der Waals surface area contributed by atoms with E-state index in [1.807, 2.05) is 0 Å². The Bertz CT molecular complexity index is 561. The van der Waals surface area contributed by atoms with Gasteiger partial charge in [-0.15, -0.1) is 0 Å². The van der Waals surface area contributed by atoms with E-state index >= 15 is 0 Å². The second-order valence-electron chi connectivity index (χ2n) is 5.11. The Kier molecular flexibility index (Phi) is 4.25. The fourth-order valence-electron chi connectivity index (χ4n) is 1.57. The quantitative estimate of drug-likeness (QED) is 0.901. The van der Waals surface area contributed by atoms with Crippen LogP contribution in [0.15, 0.2) is 24.3 Å². The molecule has 0 atom stereocenters. The molecule has 0 aromatic heterocycles. The predicted octanol–water partition coefficient (Wildman–Crippen LogP) is 1.17. The summed E-state index contributed by atoms with van der Waals surface area (Å²) in [6.07, 6.45) is 1.05.